The minimum Gasteiger partial charge on any atom is -0.481 e. The van der Waals surface area contributed by atoms with Gasteiger partial charge in [0.2, 0.25) is 5.91 Å². The van der Waals surface area contributed by atoms with Crippen LogP contribution >= 0.6 is 0 Å². The van der Waals surface area contributed by atoms with Crippen LogP contribution < -0.4 is 5.32 Å². The van der Waals surface area contributed by atoms with Crippen LogP contribution in [0.1, 0.15) is 37.3 Å². The number of carboxylic acids is 1. The van der Waals surface area contributed by atoms with Crippen LogP contribution in [0.3, 0.4) is 0 Å². The highest BCUT2D eigenvalue weighted by Gasteiger charge is 2.52. The SMILES string of the molecule is O=C(O)C1C2C=CC(C2)C1C(=O)NC(c1ccccc1)C1CCC1. The Morgan fingerprint density at radius 3 is 2.29 bits per heavy atom. The van der Waals surface area contributed by atoms with Crippen LogP contribution in [0, 0.1) is 29.6 Å². The number of carbonyl (C=O) groups is 2. The van der Waals surface area contributed by atoms with E-state index in [1.807, 2.05) is 30.4 Å². The molecule has 0 saturated heterocycles. The Morgan fingerprint density at radius 1 is 1.04 bits per heavy atom. The molecular formula is C20H23NO3. The maximum absolute atomic E-state index is 13.0. The monoisotopic (exact) mass is 325 g/mol. The Hall–Kier alpha value is -2.10. The Kier molecular flexibility index (Phi) is 3.91. The molecule has 5 unspecified atom stereocenters. The number of aliphatic carboxylic acids is 1. The molecule has 1 aromatic carbocycles. The van der Waals surface area contributed by atoms with Crippen molar-refractivity contribution in [2.45, 2.75) is 31.7 Å². The second-order valence-corrected chi connectivity index (χ2v) is 7.43. The fraction of sp³-hybridized carbons (Fsp3) is 0.500. The molecule has 4 heteroatoms. The predicted molar refractivity (Wildman–Crippen MR) is 90.0 cm³/mol. The van der Waals surface area contributed by atoms with E-state index in [4.69, 9.17) is 0 Å². The van der Waals surface area contributed by atoms with Crippen LogP contribution in [0.5, 0.6) is 0 Å². The average Bonchev–Trinajstić information content (AvgIpc) is 3.14. The lowest BCUT2D eigenvalue weighted by Crippen LogP contribution is -2.44. The van der Waals surface area contributed by atoms with Gasteiger partial charge in [0.25, 0.3) is 0 Å². The number of allylic oxidation sites excluding steroid dienone is 2. The normalized spacial score (nSPS) is 32.3. The highest BCUT2D eigenvalue weighted by Crippen LogP contribution is 2.48. The molecule has 0 aliphatic heterocycles. The summed E-state index contributed by atoms with van der Waals surface area (Å²) in [5.41, 5.74) is 1.13. The van der Waals surface area contributed by atoms with Crippen molar-refractivity contribution in [2.24, 2.45) is 29.6 Å². The van der Waals surface area contributed by atoms with Gasteiger partial charge < -0.3 is 10.4 Å². The number of rotatable bonds is 5. The molecule has 3 aliphatic rings. The lowest BCUT2D eigenvalue weighted by molar-refractivity contribution is -0.148. The van der Waals surface area contributed by atoms with E-state index in [2.05, 4.69) is 17.4 Å². The Morgan fingerprint density at radius 2 is 1.71 bits per heavy atom. The molecule has 4 nitrogen and oxygen atoms in total. The van der Waals surface area contributed by atoms with Crippen LogP contribution in [0.15, 0.2) is 42.5 Å². The van der Waals surface area contributed by atoms with Crippen molar-refractivity contribution in [3.05, 3.63) is 48.0 Å². The zero-order valence-corrected chi connectivity index (χ0v) is 13.6. The van der Waals surface area contributed by atoms with Crippen molar-refractivity contribution in [1.82, 2.24) is 5.32 Å². The summed E-state index contributed by atoms with van der Waals surface area (Å²) in [4.78, 5) is 24.6. The second-order valence-electron chi connectivity index (χ2n) is 7.43. The number of benzene rings is 1. The van der Waals surface area contributed by atoms with Crippen molar-refractivity contribution >= 4 is 11.9 Å². The first-order chi connectivity index (χ1) is 11.6. The molecule has 126 valence electrons. The van der Waals surface area contributed by atoms with Crippen LogP contribution in [-0.4, -0.2) is 17.0 Å². The molecule has 24 heavy (non-hydrogen) atoms. The highest BCUT2D eigenvalue weighted by atomic mass is 16.4. The van der Waals surface area contributed by atoms with Crippen LogP contribution in [0.2, 0.25) is 0 Å². The summed E-state index contributed by atoms with van der Waals surface area (Å²) >= 11 is 0. The lowest BCUT2D eigenvalue weighted by Gasteiger charge is -2.36. The first-order valence-corrected chi connectivity index (χ1v) is 8.91. The molecule has 0 radical (unpaired) electrons. The van der Waals surface area contributed by atoms with Crippen molar-refractivity contribution < 1.29 is 14.7 Å². The standard InChI is InChI=1S/C20H23NO3/c22-19(16-14-9-10-15(11-14)17(16)20(23)24)21-18(13-7-4-8-13)12-5-2-1-3-6-12/h1-3,5-6,9-10,13-18H,4,7-8,11H2,(H,21,22)(H,23,24). The largest absolute Gasteiger partial charge is 0.481 e. The summed E-state index contributed by atoms with van der Waals surface area (Å²) in [5.74, 6) is -1.36. The van der Waals surface area contributed by atoms with Gasteiger partial charge in [0, 0.05) is 0 Å². The molecule has 5 atom stereocenters. The van der Waals surface area contributed by atoms with E-state index in [1.165, 1.54) is 6.42 Å². The predicted octanol–water partition coefficient (Wildman–Crippen LogP) is 3.17. The van der Waals surface area contributed by atoms with Crippen LogP contribution in [-0.2, 0) is 9.59 Å². The molecule has 4 rings (SSSR count). The molecule has 0 heterocycles. The van der Waals surface area contributed by atoms with Gasteiger partial charge in [-0.2, -0.15) is 0 Å². The van der Waals surface area contributed by atoms with E-state index in [0.29, 0.717) is 5.92 Å². The molecule has 0 spiro atoms. The fourth-order valence-corrected chi connectivity index (χ4v) is 4.67. The molecule has 2 fully saturated rings. The van der Waals surface area contributed by atoms with E-state index >= 15 is 0 Å². The number of amides is 1. The first-order valence-electron chi connectivity index (χ1n) is 8.91. The third-order valence-corrected chi connectivity index (χ3v) is 6.12. The third-order valence-electron chi connectivity index (χ3n) is 6.12. The lowest BCUT2D eigenvalue weighted by atomic mass is 9.76. The Balaban J connectivity index is 1.55. The van der Waals surface area contributed by atoms with Crippen molar-refractivity contribution in [1.29, 1.82) is 0 Å². The van der Waals surface area contributed by atoms with Gasteiger partial charge in [-0.3, -0.25) is 9.59 Å². The minimum atomic E-state index is -0.841. The highest BCUT2D eigenvalue weighted by molar-refractivity contribution is 5.87. The number of fused-ring (bicyclic) bond motifs is 2. The van der Waals surface area contributed by atoms with E-state index in [-0.39, 0.29) is 23.8 Å². The van der Waals surface area contributed by atoms with Gasteiger partial charge in [-0.25, -0.2) is 0 Å². The smallest absolute Gasteiger partial charge is 0.307 e. The Bertz CT molecular complexity index is 665. The fourth-order valence-electron chi connectivity index (χ4n) is 4.67. The molecule has 3 aliphatic carbocycles. The molecule has 0 aromatic heterocycles. The summed E-state index contributed by atoms with van der Waals surface area (Å²) < 4.78 is 0. The molecular weight excluding hydrogens is 302 g/mol. The second kappa shape index (κ2) is 6.08. The van der Waals surface area contributed by atoms with Crippen molar-refractivity contribution in [3.8, 4) is 0 Å². The third kappa shape index (κ3) is 2.54. The molecule has 2 N–H and O–H groups in total. The maximum atomic E-state index is 13.0. The summed E-state index contributed by atoms with van der Waals surface area (Å²) in [6.07, 6.45) is 8.27. The summed E-state index contributed by atoms with van der Waals surface area (Å²) in [6, 6.07) is 10.1. The maximum Gasteiger partial charge on any atom is 0.307 e. The zero-order chi connectivity index (χ0) is 16.7. The van der Waals surface area contributed by atoms with Gasteiger partial charge in [-0.15, -0.1) is 0 Å². The van der Waals surface area contributed by atoms with Gasteiger partial charge in [-0.1, -0.05) is 48.9 Å². The van der Waals surface area contributed by atoms with E-state index < -0.39 is 17.8 Å². The molecule has 2 saturated carbocycles. The number of carbonyl (C=O) groups excluding carboxylic acids is 1. The zero-order valence-electron chi connectivity index (χ0n) is 13.6. The van der Waals surface area contributed by atoms with Gasteiger partial charge in [0.15, 0.2) is 0 Å². The van der Waals surface area contributed by atoms with Gasteiger partial charge in [-0.05, 0) is 42.6 Å². The number of carboxylic acid groups (broad SMARTS) is 1. The average molecular weight is 325 g/mol. The van der Waals surface area contributed by atoms with E-state index in [1.54, 1.807) is 0 Å². The van der Waals surface area contributed by atoms with Gasteiger partial charge >= 0.3 is 5.97 Å². The minimum absolute atomic E-state index is 0.00463. The molecule has 1 aromatic rings. The van der Waals surface area contributed by atoms with Crippen LogP contribution in [0.4, 0.5) is 0 Å². The summed E-state index contributed by atoms with van der Waals surface area (Å²) in [7, 11) is 0. The van der Waals surface area contributed by atoms with Crippen LogP contribution in [0.25, 0.3) is 0 Å². The van der Waals surface area contributed by atoms with E-state index in [0.717, 1.165) is 24.8 Å². The summed E-state index contributed by atoms with van der Waals surface area (Å²) in [5, 5.41) is 12.8. The number of hydrogen-bond acceptors (Lipinski definition) is 2. The van der Waals surface area contributed by atoms with Crippen molar-refractivity contribution in [3.63, 3.8) is 0 Å². The Labute approximate surface area is 142 Å². The van der Waals surface area contributed by atoms with E-state index in [9.17, 15) is 14.7 Å². The quantitative estimate of drug-likeness (QED) is 0.817. The topological polar surface area (TPSA) is 66.4 Å². The molecule has 2 bridgehead atoms. The molecule has 1 amide bonds. The number of hydrogen-bond donors (Lipinski definition) is 2. The first kappa shape index (κ1) is 15.4. The van der Waals surface area contributed by atoms with Gasteiger partial charge in [0.1, 0.15) is 0 Å². The number of nitrogens with one attached hydrogen (secondary N) is 1. The summed E-state index contributed by atoms with van der Waals surface area (Å²) in [6.45, 7) is 0. The van der Waals surface area contributed by atoms with Gasteiger partial charge in [0.05, 0.1) is 17.9 Å². The van der Waals surface area contributed by atoms with Crippen molar-refractivity contribution in [2.75, 3.05) is 0 Å².